The van der Waals surface area contributed by atoms with E-state index in [1.807, 2.05) is 28.9 Å². The number of rotatable bonds is 3. The molecule has 0 atom stereocenters. The number of hydrogen-bond donors (Lipinski definition) is 1. The molecule has 0 unspecified atom stereocenters. The van der Waals surface area contributed by atoms with Crippen molar-refractivity contribution in [3.05, 3.63) is 52.7 Å². The topological polar surface area (TPSA) is 51.5 Å². The van der Waals surface area contributed by atoms with Gasteiger partial charge in [-0.2, -0.15) is 0 Å². The molecule has 3 aromatic rings. The van der Waals surface area contributed by atoms with Gasteiger partial charge in [-0.1, -0.05) is 0 Å². The Kier molecular flexibility index (Phi) is 3.03. The minimum Gasteiger partial charge on any atom is -0.493 e. The summed E-state index contributed by atoms with van der Waals surface area (Å²) in [6, 6.07) is 6.23. The van der Waals surface area contributed by atoms with Crippen molar-refractivity contribution in [1.29, 1.82) is 0 Å². The molecule has 0 fully saturated rings. The maximum atomic E-state index is 5.52. The first-order chi connectivity index (χ1) is 10.3. The third-order valence-corrected chi connectivity index (χ3v) is 4.01. The van der Waals surface area contributed by atoms with Gasteiger partial charge in [0.2, 0.25) is 0 Å². The van der Waals surface area contributed by atoms with Gasteiger partial charge in [0.05, 0.1) is 31.2 Å². The second kappa shape index (κ2) is 5.04. The summed E-state index contributed by atoms with van der Waals surface area (Å²) >= 11 is 3.39. The van der Waals surface area contributed by atoms with E-state index in [1.54, 1.807) is 6.20 Å². The zero-order valence-electron chi connectivity index (χ0n) is 11.2. The van der Waals surface area contributed by atoms with Crippen molar-refractivity contribution in [2.75, 3.05) is 11.9 Å². The first-order valence-electron chi connectivity index (χ1n) is 6.77. The highest BCUT2D eigenvalue weighted by Gasteiger charge is 2.12. The number of benzene rings is 1. The van der Waals surface area contributed by atoms with Crippen LogP contribution in [0.3, 0.4) is 0 Å². The molecule has 4 rings (SSSR count). The van der Waals surface area contributed by atoms with Gasteiger partial charge in [0, 0.05) is 18.3 Å². The van der Waals surface area contributed by atoms with Gasteiger partial charge in [-0.15, -0.1) is 0 Å². The Hall–Kier alpha value is -2.08. The molecule has 0 aliphatic carbocycles. The normalized spacial score (nSPS) is 13.2. The molecule has 106 valence electrons. The van der Waals surface area contributed by atoms with Gasteiger partial charge in [0.25, 0.3) is 0 Å². The molecule has 0 bridgehead atoms. The fourth-order valence-electron chi connectivity index (χ4n) is 2.54. The van der Waals surface area contributed by atoms with E-state index in [-0.39, 0.29) is 0 Å². The van der Waals surface area contributed by atoms with Gasteiger partial charge in [-0.05, 0) is 39.7 Å². The van der Waals surface area contributed by atoms with E-state index in [4.69, 9.17) is 4.74 Å². The summed E-state index contributed by atoms with van der Waals surface area (Å²) in [7, 11) is 0. The zero-order valence-corrected chi connectivity index (χ0v) is 12.8. The van der Waals surface area contributed by atoms with Gasteiger partial charge < -0.3 is 10.1 Å². The maximum absolute atomic E-state index is 5.52. The Labute approximate surface area is 130 Å². The Morgan fingerprint density at radius 1 is 1.29 bits per heavy atom. The number of ether oxygens (including phenoxy) is 1. The van der Waals surface area contributed by atoms with E-state index in [2.05, 4.69) is 37.3 Å². The molecule has 2 aromatic heterocycles. The molecule has 0 spiro atoms. The molecule has 1 aromatic carbocycles. The second-order valence-corrected chi connectivity index (χ2v) is 5.77. The van der Waals surface area contributed by atoms with Crippen LogP contribution in [-0.2, 0) is 13.0 Å². The molecular formula is C15H13BrN4O. The molecule has 0 saturated carbocycles. The number of fused-ring (bicyclic) bond motifs is 2. The molecule has 1 aliphatic rings. The van der Waals surface area contributed by atoms with Crippen molar-refractivity contribution in [1.82, 2.24) is 14.4 Å². The van der Waals surface area contributed by atoms with Crippen molar-refractivity contribution in [3.8, 4) is 5.75 Å². The minimum absolute atomic E-state index is 0.706. The summed E-state index contributed by atoms with van der Waals surface area (Å²) < 4.78 is 8.34. The van der Waals surface area contributed by atoms with Crippen LogP contribution in [0.5, 0.6) is 5.75 Å². The summed E-state index contributed by atoms with van der Waals surface area (Å²) in [4.78, 5) is 8.53. The zero-order chi connectivity index (χ0) is 14.2. The Balaban J connectivity index is 1.57. The monoisotopic (exact) mass is 344 g/mol. The first kappa shape index (κ1) is 12.6. The molecule has 6 heteroatoms. The Morgan fingerprint density at radius 2 is 2.24 bits per heavy atom. The van der Waals surface area contributed by atoms with Crippen LogP contribution in [0.25, 0.3) is 5.65 Å². The van der Waals surface area contributed by atoms with Crippen LogP contribution in [-0.4, -0.2) is 21.0 Å². The average molecular weight is 345 g/mol. The fourth-order valence-corrected chi connectivity index (χ4v) is 2.84. The summed E-state index contributed by atoms with van der Waals surface area (Å²) in [5.41, 5.74) is 4.30. The quantitative estimate of drug-likeness (QED) is 0.793. The summed E-state index contributed by atoms with van der Waals surface area (Å²) in [6.45, 7) is 1.49. The molecule has 1 N–H and O–H groups in total. The third-order valence-electron chi connectivity index (χ3n) is 3.60. The van der Waals surface area contributed by atoms with Gasteiger partial charge in [-0.3, -0.25) is 4.40 Å². The molecule has 3 heterocycles. The lowest BCUT2D eigenvalue weighted by Gasteiger charge is -2.08. The van der Waals surface area contributed by atoms with E-state index in [0.29, 0.717) is 6.54 Å². The maximum Gasteiger partial charge on any atom is 0.155 e. The summed E-state index contributed by atoms with van der Waals surface area (Å²) in [5.74, 6) is 1.00. The van der Waals surface area contributed by atoms with Gasteiger partial charge >= 0.3 is 0 Å². The predicted molar refractivity (Wildman–Crippen MR) is 83.7 cm³/mol. The van der Waals surface area contributed by atoms with Crippen molar-refractivity contribution in [3.63, 3.8) is 0 Å². The summed E-state index contributed by atoms with van der Waals surface area (Å²) in [6.07, 6.45) is 6.53. The number of halogens is 1. The van der Waals surface area contributed by atoms with Gasteiger partial charge in [0.1, 0.15) is 10.4 Å². The SMILES string of the molecule is Brc1cn2c(CNc3ccc4c(c3)CCO4)cnc2cn1. The number of anilines is 1. The van der Waals surface area contributed by atoms with Crippen LogP contribution in [0, 0.1) is 0 Å². The highest BCUT2D eigenvalue weighted by atomic mass is 79.9. The average Bonchev–Trinajstić information content (AvgIpc) is 3.10. The van der Waals surface area contributed by atoms with Crippen molar-refractivity contribution >= 4 is 27.3 Å². The van der Waals surface area contributed by atoms with E-state index < -0.39 is 0 Å². The highest BCUT2D eigenvalue weighted by molar-refractivity contribution is 9.10. The van der Waals surface area contributed by atoms with Crippen LogP contribution < -0.4 is 10.1 Å². The number of aromatic nitrogens is 3. The minimum atomic E-state index is 0.706. The third kappa shape index (κ3) is 2.35. The lowest BCUT2D eigenvalue weighted by molar-refractivity contribution is 0.357. The Bertz CT molecular complexity index is 815. The van der Waals surface area contributed by atoms with E-state index >= 15 is 0 Å². The van der Waals surface area contributed by atoms with Crippen LogP contribution in [0.15, 0.2) is 41.4 Å². The van der Waals surface area contributed by atoms with E-state index in [1.165, 1.54) is 5.56 Å². The summed E-state index contributed by atoms with van der Waals surface area (Å²) in [5, 5.41) is 3.44. The number of hydrogen-bond acceptors (Lipinski definition) is 4. The second-order valence-electron chi connectivity index (χ2n) is 4.96. The molecule has 5 nitrogen and oxygen atoms in total. The molecule has 1 aliphatic heterocycles. The Morgan fingerprint density at radius 3 is 3.19 bits per heavy atom. The smallest absolute Gasteiger partial charge is 0.155 e. The largest absolute Gasteiger partial charge is 0.493 e. The van der Waals surface area contributed by atoms with Gasteiger partial charge in [0.15, 0.2) is 5.65 Å². The molecule has 0 radical (unpaired) electrons. The first-order valence-corrected chi connectivity index (χ1v) is 7.56. The van der Waals surface area contributed by atoms with E-state index in [0.717, 1.165) is 40.4 Å². The highest BCUT2D eigenvalue weighted by Crippen LogP contribution is 2.28. The van der Waals surface area contributed by atoms with Crippen LogP contribution in [0.1, 0.15) is 11.3 Å². The standard InChI is InChI=1S/C15H13BrN4O/c16-14-9-20-12(7-19-15(20)8-18-14)6-17-11-1-2-13-10(5-11)3-4-21-13/h1-2,5,7-9,17H,3-4,6H2. The van der Waals surface area contributed by atoms with Crippen molar-refractivity contribution in [2.24, 2.45) is 0 Å². The molecule has 0 saturated heterocycles. The molecule has 0 amide bonds. The van der Waals surface area contributed by atoms with Crippen LogP contribution in [0.2, 0.25) is 0 Å². The number of nitrogens with zero attached hydrogens (tertiary/aromatic N) is 3. The number of nitrogens with one attached hydrogen (secondary N) is 1. The van der Waals surface area contributed by atoms with Crippen molar-refractivity contribution in [2.45, 2.75) is 13.0 Å². The van der Waals surface area contributed by atoms with Crippen LogP contribution in [0.4, 0.5) is 5.69 Å². The van der Waals surface area contributed by atoms with Crippen molar-refractivity contribution < 1.29 is 4.74 Å². The molecular weight excluding hydrogens is 332 g/mol. The van der Waals surface area contributed by atoms with Crippen LogP contribution >= 0.6 is 15.9 Å². The molecule has 21 heavy (non-hydrogen) atoms. The lowest BCUT2D eigenvalue weighted by atomic mass is 10.1. The fraction of sp³-hybridized carbons (Fsp3) is 0.200. The van der Waals surface area contributed by atoms with Gasteiger partial charge in [-0.25, -0.2) is 9.97 Å². The predicted octanol–water partition coefficient (Wildman–Crippen LogP) is 3.04. The van der Waals surface area contributed by atoms with E-state index in [9.17, 15) is 0 Å². The number of imidazole rings is 1. The lowest BCUT2D eigenvalue weighted by Crippen LogP contribution is -2.03.